The summed E-state index contributed by atoms with van der Waals surface area (Å²) in [5, 5.41) is 0. The average Bonchev–Trinajstić information content (AvgIpc) is 2.62. The van der Waals surface area contributed by atoms with Gasteiger partial charge in [0.25, 0.3) is 0 Å². The molecule has 26 heavy (non-hydrogen) atoms. The molecular weight excluding hydrogens is 358 g/mol. The lowest BCUT2D eigenvalue weighted by Gasteiger charge is -2.34. The van der Waals surface area contributed by atoms with Crippen LogP contribution in [0.3, 0.4) is 0 Å². The lowest BCUT2D eigenvalue weighted by Crippen LogP contribution is -2.52. The van der Waals surface area contributed by atoms with Crippen molar-refractivity contribution in [3.8, 4) is 0 Å². The van der Waals surface area contributed by atoms with Gasteiger partial charge in [-0.15, -0.1) is 0 Å². The molecule has 1 saturated heterocycles. The number of nitrogens with one attached hydrogen (secondary N) is 1. The topological polar surface area (TPSA) is 96.0 Å². The van der Waals surface area contributed by atoms with Crippen molar-refractivity contribution in [2.45, 2.75) is 19.6 Å². The van der Waals surface area contributed by atoms with Crippen LogP contribution < -0.4 is 4.72 Å². The van der Waals surface area contributed by atoms with Crippen LogP contribution in [0, 0.1) is 6.92 Å². The molecule has 2 rings (SSSR count). The largest absolute Gasteiger partial charge is 0.450 e. The number of carbonyl (C=O) groups is 2. The van der Waals surface area contributed by atoms with Gasteiger partial charge >= 0.3 is 6.09 Å². The number of piperazine rings is 1. The van der Waals surface area contributed by atoms with Gasteiger partial charge in [0.05, 0.1) is 18.9 Å². The summed E-state index contributed by atoms with van der Waals surface area (Å²) in [4.78, 5) is 27.0. The van der Waals surface area contributed by atoms with Crippen LogP contribution in [-0.2, 0) is 25.3 Å². The van der Waals surface area contributed by atoms with E-state index >= 15 is 0 Å². The predicted molar refractivity (Wildman–Crippen MR) is 97.0 cm³/mol. The zero-order chi connectivity index (χ0) is 19.2. The number of carbonyl (C=O) groups excluding carboxylic acids is 2. The molecule has 0 bridgehead atoms. The van der Waals surface area contributed by atoms with Crippen LogP contribution >= 0.6 is 0 Å². The van der Waals surface area contributed by atoms with Crippen LogP contribution in [-0.4, -0.2) is 69.5 Å². The van der Waals surface area contributed by atoms with E-state index in [0.29, 0.717) is 38.3 Å². The Kier molecular flexibility index (Phi) is 6.98. The van der Waals surface area contributed by atoms with Gasteiger partial charge in [-0.3, -0.25) is 4.79 Å². The van der Waals surface area contributed by atoms with Gasteiger partial charge in [-0.25, -0.2) is 17.9 Å². The van der Waals surface area contributed by atoms with Crippen molar-refractivity contribution in [3.63, 3.8) is 0 Å². The van der Waals surface area contributed by atoms with Crippen LogP contribution in [0.1, 0.15) is 18.1 Å². The quantitative estimate of drug-likeness (QED) is 0.781. The average molecular weight is 383 g/mol. The summed E-state index contributed by atoms with van der Waals surface area (Å²) in [7, 11) is -3.60. The third-order valence-corrected chi connectivity index (χ3v) is 5.48. The van der Waals surface area contributed by atoms with Crippen LogP contribution in [0.25, 0.3) is 0 Å². The smallest absolute Gasteiger partial charge is 0.409 e. The van der Waals surface area contributed by atoms with E-state index in [9.17, 15) is 18.0 Å². The Labute approximate surface area is 154 Å². The normalized spacial score (nSPS) is 15.0. The van der Waals surface area contributed by atoms with Crippen LogP contribution in [0.5, 0.6) is 0 Å². The summed E-state index contributed by atoms with van der Waals surface area (Å²) in [6.07, 6.45) is -0.390. The minimum Gasteiger partial charge on any atom is -0.450 e. The molecule has 2 amide bonds. The number of hydrogen-bond donors (Lipinski definition) is 1. The molecule has 0 unspecified atom stereocenters. The zero-order valence-corrected chi connectivity index (χ0v) is 15.9. The lowest BCUT2D eigenvalue weighted by atomic mass is 10.1. The van der Waals surface area contributed by atoms with Gasteiger partial charge in [0.2, 0.25) is 15.9 Å². The van der Waals surface area contributed by atoms with Gasteiger partial charge in [0, 0.05) is 26.2 Å². The highest BCUT2D eigenvalue weighted by Gasteiger charge is 2.25. The second-order valence-electron chi connectivity index (χ2n) is 6.07. The van der Waals surface area contributed by atoms with E-state index in [1.54, 1.807) is 24.0 Å². The summed E-state index contributed by atoms with van der Waals surface area (Å²) in [5.74, 6) is -0.467. The summed E-state index contributed by atoms with van der Waals surface area (Å²) in [6, 6.07) is 7.23. The second-order valence-corrected chi connectivity index (χ2v) is 7.88. The number of nitrogens with zero attached hydrogens (tertiary/aromatic N) is 2. The number of amides is 2. The molecule has 0 atom stereocenters. The lowest BCUT2D eigenvalue weighted by molar-refractivity contribution is -0.131. The van der Waals surface area contributed by atoms with Crippen molar-refractivity contribution in [2.24, 2.45) is 0 Å². The Morgan fingerprint density at radius 1 is 1.12 bits per heavy atom. The molecule has 0 aromatic heterocycles. The molecule has 1 aromatic carbocycles. The van der Waals surface area contributed by atoms with E-state index in [1.807, 2.05) is 19.1 Å². The third-order valence-electron chi connectivity index (χ3n) is 4.21. The number of sulfonamides is 1. The molecule has 0 aliphatic carbocycles. The molecule has 9 heteroatoms. The molecule has 0 radical (unpaired) electrons. The number of aryl methyl sites for hydroxylation is 1. The van der Waals surface area contributed by atoms with Gasteiger partial charge in [0.1, 0.15) is 0 Å². The van der Waals surface area contributed by atoms with Crippen LogP contribution in [0.2, 0.25) is 0 Å². The molecular formula is C17H25N3O5S. The first kappa shape index (κ1) is 20.2. The molecule has 0 saturated carbocycles. The van der Waals surface area contributed by atoms with E-state index in [-0.39, 0.29) is 18.2 Å². The maximum Gasteiger partial charge on any atom is 0.409 e. The van der Waals surface area contributed by atoms with E-state index in [0.717, 1.165) is 5.56 Å². The summed E-state index contributed by atoms with van der Waals surface area (Å²) in [6.45, 7) is 5.07. The molecule has 1 heterocycles. The van der Waals surface area contributed by atoms with E-state index in [1.165, 1.54) is 4.90 Å². The predicted octanol–water partition coefficient (Wildman–Crippen LogP) is 0.715. The highest BCUT2D eigenvalue weighted by molar-refractivity contribution is 7.88. The molecule has 1 aromatic rings. The Balaban J connectivity index is 1.81. The molecule has 1 fully saturated rings. The Bertz CT molecular complexity index is 743. The minimum absolute atomic E-state index is 0.163. The van der Waals surface area contributed by atoms with Gasteiger partial charge in [-0.2, -0.15) is 0 Å². The van der Waals surface area contributed by atoms with Gasteiger partial charge < -0.3 is 14.5 Å². The fourth-order valence-corrected chi connectivity index (χ4v) is 3.84. The molecule has 8 nitrogen and oxygen atoms in total. The Morgan fingerprint density at radius 3 is 2.35 bits per heavy atom. The number of rotatable bonds is 6. The van der Waals surface area contributed by atoms with Crippen molar-refractivity contribution >= 4 is 22.0 Å². The first-order valence-corrected chi connectivity index (χ1v) is 10.2. The monoisotopic (exact) mass is 383 g/mol. The first-order chi connectivity index (χ1) is 12.3. The fourth-order valence-electron chi connectivity index (χ4n) is 2.66. The van der Waals surface area contributed by atoms with Crippen molar-refractivity contribution in [1.29, 1.82) is 0 Å². The third kappa shape index (κ3) is 5.70. The molecule has 1 aliphatic heterocycles. The second kappa shape index (κ2) is 9.00. The first-order valence-electron chi connectivity index (χ1n) is 8.53. The highest BCUT2D eigenvalue weighted by Crippen LogP contribution is 2.10. The van der Waals surface area contributed by atoms with Crippen LogP contribution in [0.4, 0.5) is 4.79 Å². The van der Waals surface area contributed by atoms with Crippen molar-refractivity contribution < 1.29 is 22.7 Å². The van der Waals surface area contributed by atoms with E-state index < -0.39 is 16.1 Å². The Hall–Kier alpha value is -2.13. The van der Waals surface area contributed by atoms with Gasteiger partial charge in [0.15, 0.2) is 0 Å². The number of benzene rings is 1. The molecule has 144 valence electrons. The SMILES string of the molecule is CCOC(=O)N1CCN(C(=O)CNS(=O)(=O)Cc2ccccc2C)CC1. The zero-order valence-electron chi connectivity index (χ0n) is 15.1. The molecule has 0 spiro atoms. The van der Waals surface area contributed by atoms with E-state index in [4.69, 9.17) is 4.74 Å². The Morgan fingerprint density at radius 2 is 1.73 bits per heavy atom. The van der Waals surface area contributed by atoms with E-state index in [2.05, 4.69) is 4.72 Å². The van der Waals surface area contributed by atoms with Crippen molar-refractivity contribution in [1.82, 2.24) is 14.5 Å². The summed E-state index contributed by atoms with van der Waals surface area (Å²) < 4.78 is 31.7. The van der Waals surface area contributed by atoms with Gasteiger partial charge in [-0.1, -0.05) is 24.3 Å². The van der Waals surface area contributed by atoms with Crippen molar-refractivity contribution in [2.75, 3.05) is 39.3 Å². The maximum atomic E-state index is 12.2. The molecule has 1 aliphatic rings. The fraction of sp³-hybridized carbons (Fsp3) is 0.529. The number of hydrogen-bond acceptors (Lipinski definition) is 5. The maximum absolute atomic E-state index is 12.2. The van der Waals surface area contributed by atoms with Crippen LogP contribution in [0.15, 0.2) is 24.3 Å². The summed E-state index contributed by atoms with van der Waals surface area (Å²) >= 11 is 0. The standard InChI is InChI=1S/C17H25N3O5S/c1-3-25-17(22)20-10-8-19(9-11-20)16(21)12-18-26(23,24)13-15-7-5-4-6-14(15)2/h4-7,18H,3,8-13H2,1-2H3. The minimum atomic E-state index is -3.60. The number of ether oxygens (including phenoxy) is 1. The van der Waals surface area contributed by atoms with Crippen molar-refractivity contribution in [3.05, 3.63) is 35.4 Å². The molecule has 1 N–H and O–H groups in total. The summed E-state index contributed by atoms with van der Waals surface area (Å²) in [5.41, 5.74) is 1.59. The van der Waals surface area contributed by atoms with Gasteiger partial charge in [-0.05, 0) is 25.0 Å². The highest BCUT2D eigenvalue weighted by atomic mass is 32.2.